The molecular weight excluding hydrogens is 448 g/mol. The lowest BCUT2D eigenvalue weighted by Gasteiger charge is -2.39. The van der Waals surface area contributed by atoms with E-state index in [4.69, 9.17) is 0 Å². The van der Waals surface area contributed by atoms with Gasteiger partial charge in [-0.2, -0.15) is 4.98 Å². The minimum absolute atomic E-state index is 0.0396. The Morgan fingerprint density at radius 1 is 1.06 bits per heavy atom. The van der Waals surface area contributed by atoms with E-state index in [0.717, 1.165) is 37.5 Å². The predicted molar refractivity (Wildman–Crippen MR) is 146 cm³/mol. The van der Waals surface area contributed by atoms with Gasteiger partial charge >= 0.3 is 0 Å². The molecule has 7 nitrogen and oxygen atoms in total. The van der Waals surface area contributed by atoms with Gasteiger partial charge in [0.15, 0.2) is 0 Å². The Labute approximate surface area is 213 Å². The van der Waals surface area contributed by atoms with Gasteiger partial charge in [0.05, 0.1) is 6.04 Å². The number of nitrogens with one attached hydrogen (secondary N) is 1. The first-order chi connectivity index (χ1) is 17.6. The quantitative estimate of drug-likeness (QED) is 0.460. The first-order valence-corrected chi connectivity index (χ1v) is 13.4. The van der Waals surface area contributed by atoms with Gasteiger partial charge in [-0.3, -0.25) is 14.3 Å². The monoisotopic (exact) mass is 486 g/mol. The Kier molecular flexibility index (Phi) is 7.37. The van der Waals surface area contributed by atoms with Crippen molar-refractivity contribution in [2.75, 3.05) is 31.5 Å². The fourth-order valence-electron chi connectivity index (χ4n) is 5.30. The molecule has 5 rings (SSSR count). The van der Waals surface area contributed by atoms with Crippen LogP contribution in [0.5, 0.6) is 0 Å². The van der Waals surface area contributed by atoms with Crippen molar-refractivity contribution < 1.29 is 0 Å². The second-order valence-corrected chi connectivity index (χ2v) is 10.2. The van der Waals surface area contributed by atoms with Crippen LogP contribution in [-0.4, -0.2) is 50.5 Å². The molecule has 1 aliphatic carbocycles. The summed E-state index contributed by atoms with van der Waals surface area (Å²) >= 11 is 0. The highest BCUT2D eigenvalue weighted by molar-refractivity contribution is 5.75. The third-order valence-electron chi connectivity index (χ3n) is 7.61. The lowest BCUT2D eigenvalue weighted by molar-refractivity contribution is 0.113. The highest BCUT2D eigenvalue weighted by Crippen LogP contribution is 2.40. The molecular formula is C29H38N6O. The van der Waals surface area contributed by atoms with Crippen molar-refractivity contribution in [2.45, 2.75) is 58.7 Å². The molecule has 0 amide bonds. The largest absolute Gasteiger partial charge is 0.375 e. The summed E-state index contributed by atoms with van der Waals surface area (Å²) in [5, 5.41) is 4.30. The topological polar surface area (TPSA) is 66.3 Å². The summed E-state index contributed by atoms with van der Waals surface area (Å²) in [5.74, 6) is 1.42. The van der Waals surface area contributed by atoms with E-state index >= 15 is 0 Å². The van der Waals surface area contributed by atoms with E-state index in [0.29, 0.717) is 24.2 Å². The molecule has 0 spiro atoms. The molecule has 7 heteroatoms. The molecule has 36 heavy (non-hydrogen) atoms. The van der Waals surface area contributed by atoms with Crippen molar-refractivity contribution in [3.8, 4) is 0 Å². The molecule has 2 aliphatic rings. The predicted octanol–water partition coefficient (Wildman–Crippen LogP) is 4.98. The third kappa shape index (κ3) is 5.46. The van der Waals surface area contributed by atoms with E-state index in [1.165, 1.54) is 30.4 Å². The molecule has 1 aromatic carbocycles. The number of hydrogen-bond donors (Lipinski definition) is 1. The summed E-state index contributed by atoms with van der Waals surface area (Å²) < 4.78 is 1.68. The molecule has 1 aliphatic heterocycles. The van der Waals surface area contributed by atoms with Crippen LogP contribution in [0.15, 0.2) is 59.7 Å². The van der Waals surface area contributed by atoms with Gasteiger partial charge in [-0.15, -0.1) is 0 Å². The molecule has 2 atom stereocenters. The SMILES string of the molecule is CC=CN1CCN(C(CC2CC2)c2ccc([C@H](C)Nc3ncc4ccc(=O)n(CC)c4n3)cc2)CC1. The molecule has 2 fully saturated rings. The number of piperazine rings is 1. The van der Waals surface area contributed by atoms with Gasteiger partial charge < -0.3 is 10.2 Å². The van der Waals surface area contributed by atoms with Gasteiger partial charge in [-0.25, -0.2) is 4.98 Å². The summed E-state index contributed by atoms with van der Waals surface area (Å²) in [5.41, 5.74) is 3.25. The second-order valence-electron chi connectivity index (χ2n) is 10.2. The number of rotatable bonds is 9. The highest BCUT2D eigenvalue weighted by Gasteiger charge is 2.31. The van der Waals surface area contributed by atoms with Gasteiger partial charge in [0, 0.05) is 56.4 Å². The number of nitrogens with zero attached hydrogens (tertiary/aromatic N) is 5. The lowest BCUT2D eigenvalue weighted by atomic mass is 9.96. The summed E-state index contributed by atoms with van der Waals surface area (Å²) in [6.07, 6.45) is 10.2. The van der Waals surface area contributed by atoms with E-state index in [1.54, 1.807) is 22.9 Å². The molecule has 0 radical (unpaired) electrons. The third-order valence-corrected chi connectivity index (χ3v) is 7.61. The van der Waals surface area contributed by atoms with Crippen molar-refractivity contribution in [1.82, 2.24) is 24.3 Å². The van der Waals surface area contributed by atoms with Crippen molar-refractivity contribution in [2.24, 2.45) is 5.92 Å². The van der Waals surface area contributed by atoms with Gasteiger partial charge in [-0.1, -0.05) is 43.2 Å². The van der Waals surface area contributed by atoms with E-state index in [1.807, 2.05) is 6.92 Å². The van der Waals surface area contributed by atoms with E-state index in [-0.39, 0.29) is 11.6 Å². The number of pyridine rings is 1. The number of aromatic nitrogens is 3. The lowest BCUT2D eigenvalue weighted by Crippen LogP contribution is -2.45. The summed E-state index contributed by atoms with van der Waals surface area (Å²) in [6.45, 7) is 11.2. The fraction of sp³-hybridized carbons (Fsp3) is 0.483. The average molecular weight is 487 g/mol. The molecule has 3 heterocycles. The highest BCUT2D eigenvalue weighted by atomic mass is 16.1. The second kappa shape index (κ2) is 10.8. The van der Waals surface area contributed by atoms with Crippen LogP contribution in [0, 0.1) is 5.92 Å². The smallest absolute Gasteiger partial charge is 0.252 e. The molecule has 1 unspecified atom stereocenters. The maximum absolute atomic E-state index is 12.2. The van der Waals surface area contributed by atoms with Crippen LogP contribution in [0.3, 0.4) is 0 Å². The van der Waals surface area contributed by atoms with Crippen LogP contribution < -0.4 is 10.9 Å². The molecule has 0 bridgehead atoms. The van der Waals surface area contributed by atoms with Crippen LogP contribution in [0.1, 0.15) is 63.2 Å². The number of fused-ring (bicyclic) bond motifs is 1. The van der Waals surface area contributed by atoms with Gasteiger partial charge in [-0.05, 0) is 56.5 Å². The van der Waals surface area contributed by atoms with Crippen molar-refractivity contribution in [3.05, 3.63) is 76.4 Å². The van der Waals surface area contributed by atoms with E-state index < -0.39 is 0 Å². The summed E-state index contributed by atoms with van der Waals surface area (Å²) in [4.78, 5) is 26.5. The minimum atomic E-state index is -0.0396. The van der Waals surface area contributed by atoms with E-state index in [9.17, 15) is 4.79 Å². The maximum Gasteiger partial charge on any atom is 0.252 e. The number of allylic oxidation sites excluding steroid dienone is 1. The van der Waals surface area contributed by atoms with Crippen LogP contribution >= 0.6 is 0 Å². The molecule has 3 aromatic rings. The Morgan fingerprint density at radius 2 is 1.78 bits per heavy atom. The zero-order valence-electron chi connectivity index (χ0n) is 21.7. The van der Waals surface area contributed by atoms with Crippen LogP contribution in [0.4, 0.5) is 5.95 Å². The van der Waals surface area contributed by atoms with Gasteiger partial charge in [0.1, 0.15) is 5.65 Å². The summed E-state index contributed by atoms with van der Waals surface area (Å²) in [7, 11) is 0. The van der Waals surface area contributed by atoms with Crippen molar-refractivity contribution >= 4 is 17.0 Å². The maximum atomic E-state index is 12.2. The zero-order chi connectivity index (χ0) is 25.1. The standard InChI is InChI=1S/C29H38N6O/c1-4-14-33-15-17-34(18-16-33)26(19-22-6-7-22)24-10-8-23(9-11-24)21(3)31-29-30-20-25-12-13-27(36)35(5-2)28(25)32-29/h4,8-14,20-22,26H,5-7,15-19H2,1-3H3,(H,30,31,32)/t21-,26?/m0/s1. The van der Waals surface area contributed by atoms with Crippen molar-refractivity contribution in [1.29, 1.82) is 0 Å². The molecule has 1 N–H and O–H groups in total. The number of benzene rings is 1. The molecule has 2 aromatic heterocycles. The van der Waals surface area contributed by atoms with Gasteiger partial charge in [0.25, 0.3) is 5.56 Å². The molecule has 1 saturated carbocycles. The Balaban J connectivity index is 1.30. The Bertz CT molecular complexity index is 1250. The minimum Gasteiger partial charge on any atom is -0.375 e. The number of anilines is 1. The number of hydrogen-bond acceptors (Lipinski definition) is 6. The average Bonchev–Trinajstić information content (AvgIpc) is 3.72. The fourth-order valence-corrected chi connectivity index (χ4v) is 5.30. The Morgan fingerprint density at radius 3 is 2.44 bits per heavy atom. The number of aryl methyl sites for hydroxylation is 1. The van der Waals surface area contributed by atoms with Gasteiger partial charge in [0.2, 0.25) is 5.95 Å². The first kappa shape index (κ1) is 24.5. The summed E-state index contributed by atoms with van der Waals surface area (Å²) in [6, 6.07) is 13.0. The zero-order valence-corrected chi connectivity index (χ0v) is 21.7. The molecule has 1 saturated heterocycles. The Hall–Kier alpha value is -3.19. The molecule has 190 valence electrons. The van der Waals surface area contributed by atoms with Crippen LogP contribution in [0.25, 0.3) is 11.0 Å². The van der Waals surface area contributed by atoms with Crippen LogP contribution in [0.2, 0.25) is 0 Å². The first-order valence-electron chi connectivity index (χ1n) is 13.4. The van der Waals surface area contributed by atoms with Crippen LogP contribution in [-0.2, 0) is 6.54 Å². The normalized spacial score (nSPS) is 18.6. The van der Waals surface area contributed by atoms with E-state index in [2.05, 4.69) is 75.5 Å². The van der Waals surface area contributed by atoms with Crippen molar-refractivity contribution in [3.63, 3.8) is 0 Å².